The fraction of sp³-hybridized carbons (Fsp3) is 0.250. The number of hydrogen-bond acceptors (Lipinski definition) is 1. The summed E-state index contributed by atoms with van der Waals surface area (Å²) in [4.78, 5) is 0. The summed E-state index contributed by atoms with van der Waals surface area (Å²) in [5.74, 6) is -1.58. The van der Waals surface area contributed by atoms with Crippen LogP contribution >= 0.6 is 0 Å². The van der Waals surface area contributed by atoms with E-state index < -0.39 is 11.6 Å². The van der Waals surface area contributed by atoms with Crippen LogP contribution in [0.1, 0.15) is 23.1 Å². The molecular weight excluding hydrogens is 244 g/mol. The Balaban J connectivity index is 1.92. The van der Waals surface area contributed by atoms with E-state index in [2.05, 4.69) is 11.4 Å². The first kappa shape index (κ1) is 12.2. The van der Waals surface area contributed by atoms with Crippen molar-refractivity contribution in [3.63, 3.8) is 0 Å². The van der Waals surface area contributed by atoms with Gasteiger partial charge in [0.15, 0.2) is 11.6 Å². The second kappa shape index (κ2) is 5.00. The Morgan fingerprint density at radius 1 is 1.05 bits per heavy atom. The minimum absolute atomic E-state index is 0.618. The van der Waals surface area contributed by atoms with Crippen molar-refractivity contribution in [3.8, 4) is 0 Å². The molecule has 1 nitrogen and oxygen atoms in total. The van der Waals surface area contributed by atoms with Crippen LogP contribution in [0.15, 0.2) is 36.4 Å². The fourth-order valence-electron chi connectivity index (χ4n) is 2.60. The highest BCUT2D eigenvalue weighted by molar-refractivity contribution is 5.60. The average Bonchev–Trinajstić information content (AvgIpc) is 2.43. The molecule has 0 unspecified atom stereocenters. The van der Waals surface area contributed by atoms with Crippen LogP contribution in [0.25, 0.3) is 0 Å². The van der Waals surface area contributed by atoms with Gasteiger partial charge in [0.25, 0.3) is 0 Å². The van der Waals surface area contributed by atoms with Crippen LogP contribution in [0.4, 0.5) is 14.5 Å². The Hall–Kier alpha value is -1.90. The predicted octanol–water partition coefficient (Wildman–Crippen LogP) is 3.91. The molecule has 0 aromatic heterocycles. The van der Waals surface area contributed by atoms with Gasteiger partial charge >= 0.3 is 0 Å². The number of para-hydroxylation sites is 1. The van der Waals surface area contributed by atoms with E-state index >= 15 is 0 Å². The topological polar surface area (TPSA) is 12.0 Å². The summed E-state index contributed by atoms with van der Waals surface area (Å²) in [6.45, 7) is 0.974. The van der Waals surface area contributed by atoms with Gasteiger partial charge in [-0.1, -0.05) is 24.3 Å². The standard InChI is InChI=1S/C16H15F2N/c17-14-7-6-11(10-15(14)18)9-13-4-1-3-12-5-2-8-19-16(12)13/h1,3-4,6-7,10,19H,2,5,8-9H2. The summed E-state index contributed by atoms with van der Waals surface area (Å²) >= 11 is 0. The van der Waals surface area contributed by atoms with Crippen molar-refractivity contribution in [2.24, 2.45) is 0 Å². The van der Waals surface area contributed by atoms with Gasteiger partial charge in [-0.2, -0.15) is 0 Å². The molecule has 1 aliphatic heterocycles. The Morgan fingerprint density at radius 3 is 2.79 bits per heavy atom. The normalized spacial score (nSPS) is 13.8. The van der Waals surface area contributed by atoms with E-state index in [0.29, 0.717) is 6.42 Å². The maximum Gasteiger partial charge on any atom is 0.159 e. The fourth-order valence-corrected chi connectivity index (χ4v) is 2.60. The highest BCUT2D eigenvalue weighted by Gasteiger charge is 2.13. The van der Waals surface area contributed by atoms with E-state index in [9.17, 15) is 8.78 Å². The predicted molar refractivity (Wildman–Crippen MR) is 72.4 cm³/mol. The van der Waals surface area contributed by atoms with E-state index in [-0.39, 0.29) is 0 Å². The molecule has 1 N–H and O–H groups in total. The molecule has 0 amide bonds. The van der Waals surface area contributed by atoms with E-state index in [0.717, 1.165) is 30.5 Å². The largest absolute Gasteiger partial charge is 0.385 e. The Bertz CT molecular complexity index is 608. The average molecular weight is 259 g/mol. The van der Waals surface area contributed by atoms with E-state index in [4.69, 9.17) is 0 Å². The van der Waals surface area contributed by atoms with Crippen LogP contribution < -0.4 is 5.32 Å². The summed E-state index contributed by atoms with van der Waals surface area (Å²) in [6, 6.07) is 10.3. The van der Waals surface area contributed by atoms with Gasteiger partial charge in [-0.15, -0.1) is 0 Å². The number of nitrogens with one attached hydrogen (secondary N) is 1. The molecule has 3 heteroatoms. The summed E-state index contributed by atoms with van der Waals surface area (Å²) in [7, 11) is 0. The van der Waals surface area contributed by atoms with Crippen molar-refractivity contribution in [2.75, 3.05) is 11.9 Å². The Labute approximate surface area is 111 Å². The molecule has 19 heavy (non-hydrogen) atoms. The molecule has 98 valence electrons. The van der Waals surface area contributed by atoms with E-state index in [1.54, 1.807) is 6.07 Å². The van der Waals surface area contributed by atoms with Crippen molar-refractivity contribution in [1.29, 1.82) is 0 Å². The van der Waals surface area contributed by atoms with Crippen LogP contribution in [0, 0.1) is 11.6 Å². The van der Waals surface area contributed by atoms with Crippen molar-refractivity contribution >= 4 is 5.69 Å². The lowest BCUT2D eigenvalue weighted by molar-refractivity contribution is 0.507. The summed E-state index contributed by atoms with van der Waals surface area (Å²) in [5.41, 5.74) is 4.41. The van der Waals surface area contributed by atoms with Gasteiger partial charge in [0.1, 0.15) is 0 Å². The van der Waals surface area contributed by atoms with Gasteiger partial charge in [0, 0.05) is 12.2 Å². The number of hydrogen-bond donors (Lipinski definition) is 1. The number of rotatable bonds is 2. The second-order valence-corrected chi connectivity index (χ2v) is 4.91. The monoisotopic (exact) mass is 259 g/mol. The van der Waals surface area contributed by atoms with Crippen LogP contribution in [-0.2, 0) is 12.8 Å². The quantitative estimate of drug-likeness (QED) is 0.862. The van der Waals surface area contributed by atoms with Crippen molar-refractivity contribution in [1.82, 2.24) is 0 Å². The smallest absolute Gasteiger partial charge is 0.159 e. The minimum Gasteiger partial charge on any atom is -0.385 e. The molecule has 2 aromatic carbocycles. The molecule has 1 aliphatic rings. The zero-order valence-electron chi connectivity index (χ0n) is 10.5. The molecule has 0 radical (unpaired) electrons. The van der Waals surface area contributed by atoms with Crippen LogP contribution in [-0.4, -0.2) is 6.54 Å². The molecule has 0 aliphatic carbocycles. The highest BCUT2D eigenvalue weighted by atomic mass is 19.2. The zero-order chi connectivity index (χ0) is 13.2. The van der Waals surface area contributed by atoms with Crippen LogP contribution in [0.5, 0.6) is 0 Å². The van der Waals surface area contributed by atoms with Gasteiger partial charge < -0.3 is 5.32 Å². The maximum atomic E-state index is 13.2. The number of benzene rings is 2. The molecular formula is C16H15F2N. The van der Waals surface area contributed by atoms with Gasteiger partial charge in [-0.05, 0) is 48.1 Å². The highest BCUT2D eigenvalue weighted by Crippen LogP contribution is 2.28. The van der Waals surface area contributed by atoms with Gasteiger partial charge in [-0.25, -0.2) is 8.78 Å². The molecule has 0 saturated carbocycles. The molecule has 0 spiro atoms. The Kier molecular flexibility index (Phi) is 3.20. The molecule has 2 aromatic rings. The third-order valence-electron chi connectivity index (χ3n) is 3.54. The van der Waals surface area contributed by atoms with E-state index in [1.807, 2.05) is 12.1 Å². The SMILES string of the molecule is Fc1ccc(Cc2cccc3c2NCCC3)cc1F. The molecule has 0 fully saturated rings. The molecule has 1 heterocycles. The third kappa shape index (κ3) is 2.46. The molecule has 0 saturated heterocycles. The first-order valence-electron chi connectivity index (χ1n) is 6.52. The summed E-state index contributed by atoms with van der Waals surface area (Å²) in [5, 5.41) is 3.41. The van der Waals surface area contributed by atoms with Crippen molar-refractivity contribution in [3.05, 3.63) is 64.7 Å². The van der Waals surface area contributed by atoms with Crippen molar-refractivity contribution < 1.29 is 8.78 Å². The number of fused-ring (bicyclic) bond motifs is 1. The minimum atomic E-state index is -0.794. The number of anilines is 1. The van der Waals surface area contributed by atoms with Crippen molar-refractivity contribution in [2.45, 2.75) is 19.3 Å². The first-order chi connectivity index (χ1) is 9.24. The molecule has 0 atom stereocenters. The van der Waals surface area contributed by atoms with Crippen LogP contribution in [0.2, 0.25) is 0 Å². The van der Waals surface area contributed by atoms with Gasteiger partial charge in [-0.3, -0.25) is 0 Å². The summed E-state index contributed by atoms with van der Waals surface area (Å²) in [6.07, 6.45) is 2.84. The lowest BCUT2D eigenvalue weighted by Gasteiger charge is -2.21. The summed E-state index contributed by atoms with van der Waals surface area (Å²) < 4.78 is 26.2. The first-order valence-corrected chi connectivity index (χ1v) is 6.52. The third-order valence-corrected chi connectivity index (χ3v) is 3.54. The van der Waals surface area contributed by atoms with Gasteiger partial charge in [0.2, 0.25) is 0 Å². The number of aryl methyl sites for hydroxylation is 1. The van der Waals surface area contributed by atoms with Gasteiger partial charge in [0.05, 0.1) is 0 Å². The lowest BCUT2D eigenvalue weighted by atomic mass is 9.95. The Morgan fingerprint density at radius 2 is 1.95 bits per heavy atom. The van der Waals surface area contributed by atoms with E-state index in [1.165, 1.54) is 23.4 Å². The molecule has 3 rings (SSSR count). The maximum absolute atomic E-state index is 13.2. The number of halogens is 2. The second-order valence-electron chi connectivity index (χ2n) is 4.91. The molecule has 0 bridgehead atoms. The van der Waals surface area contributed by atoms with Crippen LogP contribution in [0.3, 0.4) is 0 Å². The zero-order valence-corrected chi connectivity index (χ0v) is 10.5. The lowest BCUT2D eigenvalue weighted by Crippen LogP contribution is -2.13.